The molecular formula is C28H44O4. The van der Waals surface area contributed by atoms with E-state index in [4.69, 9.17) is 9.47 Å². The molecule has 0 aliphatic carbocycles. The molecule has 2 aromatic carbocycles. The van der Waals surface area contributed by atoms with Crippen molar-refractivity contribution in [1.82, 2.24) is 0 Å². The summed E-state index contributed by atoms with van der Waals surface area (Å²) >= 11 is 0. The zero-order valence-corrected chi connectivity index (χ0v) is 22.1. The summed E-state index contributed by atoms with van der Waals surface area (Å²) in [6, 6.07) is 10.6. The monoisotopic (exact) mass is 444 g/mol. The molecule has 0 saturated heterocycles. The minimum atomic E-state index is -0.325. The fourth-order valence-electron chi connectivity index (χ4n) is 3.03. The van der Waals surface area contributed by atoms with Crippen LogP contribution in [0.1, 0.15) is 96.4 Å². The van der Waals surface area contributed by atoms with Crippen LogP contribution in [0.25, 0.3) is 10.8 Å². The van der Waals surface area contributed by atoms with Crippen molar-refractivity contribution in [3.63, 3.8) is 0 Å². The van der Waals surface area contributed by atoms with Gasteiger partial charge in [-0.05, 0) is 67.0 Å². The quantitative estimate of drug-likeness (QED) is 0.350. The predicted molar refractivity (Wildman–Crippen MR) is 136 cm³/mol. The van der Waals surface area contributed by atoms with Crippen molar-refractivity contribution in [3.8, 4) is 0 Å². The topological polar surface area (TPSA) is 52.6 Å². The van der Waals surface area contributed by atoms with Crippen LogP contribution in [0.5, 0.6) is 0 Å². The van der Waals surface area contributed by atoms with Crippen molar-refractivity contribution in [3.05, 3.63) is 47.5 Å². The summed E-state index contributed by atoms with van der Waals surface area (Å²) in [5.41, 5.74) is 2.04. The Hall–Kier alpha value is -2.20. The van der Waals surface area contributed by atoms with Gasteiger partial charge in [0.1, 0.15) is 6.29 Å². The lowest BCUT2D eigenvalue weighted by atomic mass is 9.84. The number of hydrogen-bond donors (Lipinski definition) is 0. The Labute approximate surface area is 195 Å². The fraction of sp³-hybridized carbons (Fsp3) is 0.571. The normalized spacial score (nSPS) is 11.6. The first-order valence-corrected chi connectivity index (χ1v) is 11.2. The van der Waals surface area contributed by atoms with Gasteiger partial charge in [0.15, 0.2) is 0 Å². The molecule has 4 heteroatoms. The average molecular weight is 445 g/mol. The Balaban J connectivity index is 0.000000545. The minimum absolute atomic E-state index is 0.0260. The number of carbonyl (C=O) groups is 2. The average Bonchev–Trinajstić information content (AvgIpc) is 2.64. The van der Waals surface area contributed by atoms with Crippen LogP contribution >= 0.6 is 0 Å². The SMILES string of the molecule is CC(C)(C)C.CCOC(=O)c1ccc2cc(C=O)ccc2c1.COC(C)(C)CC(C)(C)C. The molecule has 0 heterocycles. The molecule has 0 saturated carbocycles. The molecule has 0 atom stereocenters. The number of fused-ring (bicyclic) bond motifs is 1. The lowest BCUT2D eigenvalue weighted by Crippen LogP contribution is -2.28. The summed E-state index contributed by atoms with van der Waals surface area (Å²) in [5, 5.41) is 1.85. The van der Waals surface area contributed by atoms with E-state index in [1.54, 1.807) is 38.3 Å². The minimum Gasteiger partial charge on any atom is -0.462 e. The van der Waals surface area contributed by atoms with Crippen molar-refractivity contribution in [1.29, 1.82) is 0 Å². The standard InChI is InChI=1S/C14H12O3.C9H20O.C5H12/c1-2-17-14(16)13-6-5-11-7-10(9-15)3-4-12(11)8-13;1-8(2,3)7-9(4,5)10-6;1-5(2,3)4/h3-9H,2H2,1H3;7H2,1-6H3;1-4H3. The zero-order valence-electron chi connectivity index (χ0n) is 22.1. The fourth-order valence-corrected chi connectivity index (χ4v) is 3.03. The molecule has 0 fully saturated rings. The van der Waals surface area contributed by atoms with Gasteiger partial charge in [0.25, 0.3) is 0 Å². The highest BCUT2D eigenvalue weighted by molar-refractivity contribution is 5.96. The van der Waals surface area contributed by atoms with E-state index in [1.807, 2.05) is 12.1 Å². The highest BCUT2D eigenvalue weighted by Crippen LogP contribution is 2.28. The summed E-state index contributed by atoms with van der Waals surface area (Å²) < 4.78 is 10.2. The molecule has 0 amide bonds. The van der Waals surface area contributed by atoms with Crippen LogP contribution in [0, 0.1) is 10.8 Å². The highest BCUT2D eigenvalue weighted by Gasteiger charge is 2.24. The molecular weight excluding hydrogens is 400 g/mol. The van der Waals surface area contributed by atoms with Gasteiger partial charge in [-0.25, -0.2) is 4.79 Å². The molecule has 32 heavy (non-hydrogen) atoms. The first-order valence-electron chi connectivity index (χ1n) is 11.2. The number of carbonyl (C=O) groups excluding carboxylic acids is 2. The molecule has 0 bridgehead atoms. The summed E-state index contributed by atoms with van der Waals surface area (Å²) in [4.78, 5) is 22.2. The van der Waals surface area contributed by atoms with Crippen LogP contribution in [-0.4, -0.2) is 31.6 Å². The van der Waals surface area contributed by atoms with Crippen molar-refractivity contribution >= 4 is 23.0 Å². The third kappa shape index (κ3) is 14.0. The molecule has 2 aromatic rings. The van der Waals surface area contributed by atoms with Crippen molar-refractivity contribution in [2.45, 2.75) is 81.3 Å². The predicted octanol–water partition coefficient (Wildman–Crippen LogP) is 7.73. The van der Waals surface area contributed by atoms with Crippen LogP contribution in [0.4, 0.5) is 0 Å². The summed E-state index contributed by atoms with van der Waals surface area (Å²) in [5.74, 6) is -0.325. The Morgan fingerprint density at radius 3 is 1.78 bits per heavy atom. The Morgan fingerprint density at radius 2 is 1.38 bits per heavy atom. The summed E-state index contributed by atoms with van der Waals surface area (Å²) in [6.07, 6.45) is 1.90. The van der Waals surface area contributed by atoms with Crippen LogP contribution in [0.3, 0.4) is 0 Å². The maximum absolute atomic E-state index is 11.5. The Bertz CT molecular complexity index is 846. The second kappa shape index (κ2) is 12.7. The molecule has 0 spiro atoms. The number of esters is 1. The van der Waals surface area contributed by atoms with Crippen molar-refractivity contribution in [2.24, 2.45) is 10.8 Å². The van der Waals surface area contributed by atoms with E-state index in [9.17, 15) is 9.59 Å². The number of methoxy groups -OCH3 is 1. The molecule has 0 aliphatic heterocycles. The maximum Gasteiger partial charge on any atom is 0.338 e. The third-order valence-electron chi connectivity index (χ3n) is 4.02. The lowest BCUT2D eigenvalue weighted by molar-refractivity contribution is -0.00935. The number of hydrogen-bond acceptors (Lipinski definition) is 4. The largest absolute Gasteiger partial charge is 0.462 e. The van der Waals surface area contributed by atoms with Gasteiger partial charge in [-0.1, -0.05) is 66.7 Å². The van der Waals surface area contributed by atoms with Gasteiger partial charge in [0.2, 0.25) is 0 Å². The number of ether oxygens (including phenoxy) is 2. The number of aldehydes is 1. The van der Waals surface area contributed by atoms with Gasteiger partial charge in [-0.3, -0.25) is 4.79 Å². The first-order chi connectivity index (χ1) is 14.5. The van der Waals surface area contributed by atoms with E-state index < -0.39 is 0 Å². The maximum atomic E-state index is 11.5. The molecule has 0 N–H and O–H groups in total. The van der Waals surface area contributed by atoms with E-state index in [2.05, 4.69) is 62.3 Å². The van der Waals surface area contributed by atoms with Crippen molar-refractivity contribution < 1.29 is 19.1 Å². The lowest BCUT2D eigenvalue weighted by Gasteiger charge is -2.30. The molecule has 0 aromatic heterocycles. The van der Waals surface area contributed by atoms with Crippen LogP contribution in [0.2, 0.25) is 0 Å². The van der Waals surface area contributed by atoms with Crippen LogP contribution < -0.4 is 0 Å². The third-order valence-corrected chi connectivity index (χ3v) is 4.02. The van der Waals surface area contributed by atoms with Gasteiger partial charge in [-0.15, -0.1) is 0 Å². The molecule has 0 unspecified atom stereocenters. The molecule has 4 nitrogen and oxygen atoms in total. The van der Waals surface area contributed by atoms with Gasteiger partial charge in [0.05, 0.1) is 17.8 Å². The molecule has 2 rings (SSSR count). The molecule has 180 valence electrons. The second-order valence-corrected chi connectivity index (χ2v) is 11.4. The van der Waals surface area contributed by atoms with E-state index >= 15 is 0 Å². The van der Waals surface area contributed by atoms with Gasteiger partial charge >= 0.3 is 5.97 Å². The van der Waals surface area contributed by atoms with E-state index in [-0.39, 0.29) is 11.6 Å². The first kappa shape index (κ1) is 29.8. The summed E-state index contributed by atoms with van der Waals surface area (Å²) in [7, 11) is 1.77. The molecule has 0 aliphatic rings. The Kier molecular flexibility index (Phi) is 11.9. The van der Waals surface area contributed by atoms with Gasteiger partial charge in [0, 0.05) is 12.7 Å². The zero-order chi connectivity index (χ0) is 25.2. The van der Waals surface area contributed by atoms with E-state index in [1.165, 1.54) is 0 Å². The second-order valence-electron chi connectivity index (χ2n) is 11.4. The van der Waals surface area contributed by atoms with Gasteiger partial charge < -0.3 is 9.47 Å². The number of rotatable bonds is 5. The smallest absolute Gasteiger partial charge is 0.338 e. The van der Waals surface area contributed by atoms with Crippen molar-refractivity contribution in [2.75, 3.05) is 13.7 Å². The van der Waals surface area contributed by atoms with E-state index in [0.717, 1.165) is 23.5 Å². The number of benzene rings is 2. The highest BCUT2D eigenvalue weighted by atomic mass is 16.5. The molecule has 0 radical (unpaired) electrons. The van der Waals surface area contributed by atoms with E-state index in [0.29, 0.717) is 28.6 Å². The Morgan fingerprint density at radius 1 is 0.875 bits per heavy atom. The van der Waals surface area contributed by atoms with Crippen LogP contribution in [-0.2, 0) is 9.47 Å². The summed E-state index contributed by atoms with van der Waals surface area (Å²) in [6.45, 7) is 21.8. The van der Waals surface area contributed by atoms with Gasteiger partial charge in [-0.2, -0.15) is 0 Å². The van der Waals surface area contributed by atoms with Crippen LogP contribution in [0.15, 0.2) is 36.4 Å².